The van der Waals surface area contributed by atoms with E-state index in [-0.39, 0.29) is 24.5 Å². The van der Waals surface area contributed by atoms with Crippen molar-refractivity contribution >= 4 is 5.91 Å². The topological polar surface area (TPSA) is 58.6 Å². The highest BCUT2D eigenvalue weighted by atomic mass is 16.5. The van der Waals surface area contributed by atoms with Gasteiger partial charge in [-0.1, -0.05) is 24.5 Å². The normalized spacial score (nSPS) is 22.4. The Labute approximate surface area is 120 Å². The van der Waals surface area contributed by atoms with Crippen molar-refractivity contribution in [1.82, 2.24) is 5.32 Å². The molecule has 1 fully saturated rings. The first kappa shape index (κ1) is 14.9. The minimum Gasteiger partial charge on any atom is -0.496 e. The van der Waals surface area contributed by atoms with Crippen LogP contribution >= 0.6 is 0 Å². The van der Waals surface area contributed by atoms with E-state index in [2.05, 4.69) is 5.32 Å². The summed E-state index contributed by atoms with van der Waals surface area (Å²) >= 11 is 0. The van der Waals surface area contributed by atoms with Crippen LogP contribution in [0.25, 0.3) is 0 Å². The van der Waals surface area contributed by atoms with Crippen molar-refractivity contribution in [3.05, 3.63) is 29.3 Å². The standard InChI is InChI=1S/C16H23NO3/c1-11-7-8-15(20-2)13(9-11)16(19)17-14-6-4-3-5-12(14)10-18/h7-9,12,14,18H,3-6,10H2,1-2H3,(H,17,19). The predicted molar refractivity (Wildman–Crippen MR) is 78.0 cm³/mol. The van der Waals surface area contributed by atoms with Gasteiger partial charge in [-0.15, -0.1) is 0 Å². The molecule has 0 radical (unpaired) electrons. The third-order valence-electron chi connectivity index (χ3n) is 4.06. The summed E-state index contributed by atoms with van der Waals surface area (Å²) in [5, 5.41) is 12.5. The summed E-state index contributed by atoms with van der Waals surface area (Å²) in [6.07, 6.45) is 4.15. The van der Waals surface area contributed by atoms with Gasteiger partial charge >= 0.3 is 0 Å². The van der Waals surface area contributed by atoms with Crippen molar-refractivity contribution in [2.75, 3.05) is 13.7 Å². The predicted octanol–water partition coefficient (Wildman–Crippen LogP) is 2.28. The molecule has 0 aromatic heterocycles. The lowest BCUT2D eigenvalue weighted by Crippen LogP contribution is -2.43. The molecule has 1 saturated carbocycles. The number of amides is 1. The van der Waals surface area contributed by atoms with E-state index in [1.54, 1.807) is 7.11 Å². The summed E-state index contributed by atoms with van der Waals surface area (Å²) in [6.45, 7) is 2.09. The van der Waals surface area contributed by atoms with Gasteiger partial charge in [0.1, 0.15) is 5.75 Å². The lowest BCUT2D eigenvalue weighted by atomic mass is 9.85. The number of aliphatic hydroxyl groups excluding tert-OH is 1. The summed E-state index contributed by atoms with van der Waals surface area (Å²) in [4.78, 5) is 12.4. The van der Waals surface area contributed by atoms with E-state index in [0.717, 1.165) is 31.2 Å². The third-order valence-corrected chi connectivity index (χ3v) is 4.06. The molecule has 4 nitrogen and oxygen atoms in total. The zero-order chi connectivity index (χ0) is 14.5. The van der Waals surface area contributed by atoms with Crippen LogP contribution in [0.2, 0.25) is 0 Å². The Bertz CT molecular complexity index is 473. The summed E-state index contributed by atoms with van der Waals surface area (Å²) in [7, 11) is 1.57. The van der Waals surface area contributed by atoms with Crippen molar-refractivity contribution in [1.29, 1.82) is 0 Å². The fraction of sp³-hybridized carbons (Fsp3) is 0.562. The van der Waals surface area contributed by atoms with Gasteiger partial charge in [-0.2, -0.15) is 0 Å². The molecule has 0 heterocycles. The average Bonchev–Trinajstić information content (AvgIpc) is 2.47. The quantitative estimate of drug-likeness (QED) is 0.887. The highest BCUT2D eigenvalue weighted by Crippen LogP contribution is 2.25. The molecule has 2 rings (SSSR count). The monoisotopic (exact) mass is 277 g/mol. The molecule has 2 N–H and O–H groups in total. The Morgan fingerprint density at radius 1 is 1.40 bits per heavy atom. The number of nitrogens with one attached hydrogen (secondary N) is 1. The molecule has 1 aliphatic carbocycles. The van der Waals surface area contributed by atoms with Gasteiger partial charge in [0.15, 0.2) is 0 Å². The number of ether oxygens (including phenoxy) is 1. The average molecular weight is 277 g/mol. The summed E-state index contributed by atoms with van der Waals surface area (Å²) in [5.41, 5.74) is 1.59. The van der Waals surface area contributed by atoms with E-state index in [1.807, 2.05) is 25.1 Å². The molecule has 2 atom stereocenters. The number of aliphatic hydroxyl groups is 1. The van der Waals surface area contributed by atoms with Crippen molar-refractivity contribution in [2.24, 2.45) is 5.92 Å². The first-order chi connectivity index (χ1) is 9.65. The first-order valence-electron chi connectivity index (χ1n) is 7.22. The molecule has 1 aromatic carbocycles. The molecule has 0 aliphatic heterocycles. The molecule has 110 valence electrons. The van der Waals surface area contributed by atoms with Crippen LogP contribution in [0.4, 0.5) is 0 Å². The van der Waals surface area contributed by atoms with Gasteiger partial charge in [0.05, 0.1) is 12.7 Å². The molecule has 1 amide bonds. The van der Waals surface area contributed by atoms with E-state index < -0.39 is 0 Å². The van der Waals surface area contributed by atoms with E-state index in [4.69, 9.17) is 4.74 Å². The van der Waals surface area contributed by atoms with Crippen LogP contribution in [-0.4, -0.2) is 30.8 Å². The van der Waals surface area contributed by atoms with E-state index in [9.17, 15) is 9.90 Å². The second kappa shape index (κ2) is 6.75. The number of carbonyl (C=O) groups excluding carboxylic acids is 1. The second-order valence-electron chi connectivity index (χ2n) is 5.51. The number of carbonyl (C=O) groups is 1. The maximum Gasteiger partial charge on any atom is 0.255 e. The summed E-state index contributed by atoms with van der Waals surface area (Å²) in [6, 6.07) is 5.64. The van der Waals surface area contributed by atoms with Crippen molar-refractivity contribution < 1.29 is 14.6 Å². The molecule has 2 unspecified atom stereocenters. The Kier molecular flexibility index (Phi) is 5.01. The van der Waals surface area contributed by atoms with Gasteiger partial charge in [-0.3, -0.25) is 4.79 Å². The number of rotatable bonds is 4. The van der Waals surface area contributed by atoms with Crippen LogP contribution in [0.3, 0.4) is 0 Å². The molecule has 0 spiro atoms. The smallest absolute Gasteiger partial charge is 0.255 e. The van der Waals surface area contributed by atoms with Crippen LogP contribution in [0.1, 0.15) is 41.6 Å². The number of benzene rings is 1. The highest BCUT2D eigenvalue weighted by molar-refractivity contribution is 5.97. The number of hydrogen-bond acceptors (Lipinski definition) is 3. The molecular formula is C16H23NO3. The lowest BCUT2D eigenvalue weighted by molar-refractivity contribution is 0.0869. The number of methoxy groups -OCH3 is 1. The largest absolute Gasteiger partial charge is 0.496 e. The van der Waals surface area contributed by atoms with E-state index in [1.165, 1.54) is 0 Å². The van der Waals surface area contributed by atoms with Gasteiger partial charge in [0.25, 0.3) is 5.91 Å². The minimum atomic E-state index is -0.115. The second-order valence-corrected chi connectivity index (χ2v) is 5.51. The zero-order valence-electron chi connectivity index (χ0n) is 12.2. The molecule has 0 bridgehead atoms. The minimum absolute atomic E-state index is 0.0615. The van der Waals surface area contributed by atoms with Crippen molar-refractivity contribution in [3.63, 3.8) is 0 Å². The van der Waals surface area contributed by atoms with Gasteiger partial charge in [-0.05, 0) is 31.9 Å². The Hall–Kier alpha value is -1.55. The Morgan fingerprint density at radius 3 is 2.85 bits per heavy atom. The van der Waals surface area contributed by atoms with Crippen LogP contribution in [-0.2, 0) is 0 Å². The SMILES string of the molecule is COc1ccc(C)cc1C(=O)NC1CCCCC1CO. The fourth-order valence-corrected chi connectivity index (χ4v) is 2.86. The van der Waals surface area contributed by atoms with Gasteiger partial charge < -0.3 is 15.2 Å². The van der Waals surface area contributed by atoms with Crippen LogP contribution in [0.5, 0.6) is 5.75 Å². The zero-order valence-corrected chi connectivity index (χ0v) is 12.2. The van der Waals surface area contributed by atoms with E-state index in [0.29, 0.717) is 11.3 Å². The molecule has 4 heteroatoms. The van der Waals surface area contributed by atoms with Crippen LogP contribution < -0.4 is 10.1 Å². The van der Waals surface area contributed by atoms with Gasteiger partial charge in [0, 0.05) is 18.6 Å². The molecular weight excluding hydrogens is 254 g/mol. The molecule has 20 heavy (non-hydrogen) atoms. The highest BCUT2D eigenvalue weighted by Gasteiger charge is 2.26. The maximum atomic E-state index is 12.4. The van der Waals surface area contributed by atoms with Crippen LogP contribution in [0, 0.1) is 12.8 Å². The summed E-state index contributed by atoms with van der Waals surface area (Å²) in [5.74, 6) is 0.642. The molecule has 1 aliphatic rings. The van der Waals surface area contributed by atoms with E-state index >= 15 is 0 Å². The van der Waals surface area contributed by atoms with Crippen molar-refractivity contribution in [2.45, 2.75) is 38.6 Å². The van der Waals surface area contributed by atoms with Gasteiger partial charge in [-0.25, -0.2) is 0 Å². The fourth-order valence-electron chi connectivity index (χ4n) is 2.86. The molecule has 1 aromatic rings. The Morgan fingerprint density at radius 2 is 2.15 bits per heavy atom. The first-order valence-corrected chi connectivity index (χ1v) is 7.22. The Balaban J connectivity index is 2.13. The van der Waals surface area contributed by atoms with Crippen molar-refractivity contribution in [3.8, 4) is 5.75 Å². The van der Waals surface area contributed by atoms with Crippen LogP contribution in [0.15, 0.2) is 18.2 Å². The lowest BCUT2D eigenvalue weighted by Gasteiger charge is -2.31. The summed E-state index contributed by atoms with van der Waals surface area (Å²) < 4.78 is 5.25. The third kappa shape index (κ3) is 3.31. The molecule has 0 saturated heterocycles. The maximum absolute atomic E-state index is 12.4. The number of aryl methyl sites for hydroxylation is 1. The van der Waals surface area contributed by atoms with Gasteiger partial charge in [0.2, 0.25) is 0 Å². The number of hydrogen-bond donors (Lipinski definition) is 2.